The van der Waals surface area contributed by atoms with Crippen molar-refractivity contribution < 1.29 is 19.1 Å². The molecular formula is C29H31N5O4S. The van der Waals surface area contributed by atoms with Crippen LogP contribution in [0.15, 0.2) is 49.2 Å². The van der Waals surface area contributed by atoms with Crippen molar-refractivity contribution in [2.45, 2.75) is 57.1 Å². The van der Waals surface area contributed by atoms with E-state index in [1.165, 1.54) is 36.7 Å². The van der Waals surface area contributed by atoms with Crippen LogP contribution in [-0.4, -0.2) is 53.0 Å². The van der Waals surface area contributed by atoms with Crippen LogP contribution in [0.4, 0.5) is 21.9 Å². The number of nitrogens with one attached hydrogen (secondary N) is 2. The Morgan fingerprint density at radius 3 is 2.82 bits per heavy atom. The van der Waals surface area contributed by atoms with Gasteiger partial charge in [-0.15, -0.1) is 11.3 Å². The van der Waals surface area contributed by atoms with Gasteiger partial charge in [-0.2, -0.15) is 0 Å². The molecule has 202 valence electrons. The minimum Gasteiger partial charge on any atom is -0.490 e. The molecular weight excluding hydrogens is 514 g/mol. The molecule has 0 radical (unpaired) electrons. The molecule has 6 rings (SSSR count). The molecule has 1 saturated heterocycles. The van der Waals surface area contributed by atoms with Crippen LogP contribution < -0.4 is 20.3 Å². The third-order valence-corrected chi connectivity index (χ3v) is 8.72. The Kier molecular flexibility index (Phi) is 6.95. The number of aromatic nitrogens is 1. The van der Waals surface area contributed by atoms with Crippen molar-refractivity contribution in [1.82, 2.24) is 15.2 Å². The molecule has 0 bridgehead atoms. The zero-order valence-electron chi connectivity index (χ0n) is 21.7. The van der Waals surface area contributed by atoms with Gasteiger partial charge >= 0.3 is 6.03 Å². The molecule has 9 nitrogen and oxygen atoms in total. The van der Waals surface area contributed by atoms with E-state index in [-0.39, 0.29) is 30.0 Å². The number of piperidine rings is 1. The number of likely N-dealkylation sites (tertiary alicyclic amines) is 1. The first kappa shape index (κ1) is 25.4. The van der Waals surface area contributed by atoms with Crippen molar-refractivity contribution >= 4 is 56.5 Å². The van der Waals surface area contributed by atoms with Crippen LogP contribution in [0.25, 0.3) is 10.2 Å². The van der Waals surface area contributed by atoms with Gasteiger partial charge in [-0.25, -0.2) is 9.78 Å². The maximum Gasteiger partial charge on any atom is 0.331 e. The van der Waals surface area contributed by atoms with Crippen LogP contribution in [0.3, 0.4) is 0 Å². The summed E-state index contributed by atoms with van der Waals surface area (Å²) in [6.45, 7) is 4.64. The number of amides is 4. The lowest BCUT2D eigenvalue weighted by Gasteiger charge is -2.32. The molecule has 4 amide bonds. The first-order valence-corrected chi connectivity index (χ1v) is 14.3. The smallest absolute Gasteiger partial charge is 0.331 e. The Morgan fingerprint density at radius 2 is 2.00 bits per heavy atom. The van der Waals surface area contributed by atoms with E-state index in [1.54, 1.807) is 22.1 Å². The third kappa shape index (κ3) is 4.96. The second-order valence-electron chi connectivity index (χ2n) is 10.3. The van der Waals surface area contributed by atoms with Gasteiger partial charge in [0.25, 0.3) is 5.91 Å². The monoisotopic (exact) mass is 545 g/mol. The molecule has 2 N–H and O–H groups in total. The highest BCUT2D eigenvalue weighted by atomic mass is 32.1. The quantitative estimate of drug-likeness (QED) is 0.393. The fourth-order valence-electron chi connectivity index (χ4n) is 5.75. The van der Waals surface area contributed by atoms with Gasteiger partial charge in [-0.05, 0) is 62.8 Å². The van der Waals surface area contributed by atoms with E-state index in [0.29, 0.717) is 39.9 Å². The summed E-state index contributed by atoms with van der Waals surface area (Å²) in [5, 5.41) is 6.75. The average Bonchev–Trinajstić information content (AvgIpc) is 3.33. The summed E-state index contributed by atoms with van der Waals surface area (Å²) in [4.78, 5) is 47.8. The molecule has 2 aromatic heterocycles. The summed E-state index contributed by atoms with van der Waals surface area (Å²) >= 11 is 1.25. The van der Waals surface area contributed by atoms with Crippen LogP contribution in [0.2, 0.25) is 0 Å². The van der Waals surface area contributed by atoms with E-state index in [0.717, 1.165) is 36.8 Å². The number of anilines is 3. The first-order chi connectivity index (χ1) is 19.0. The second-order valence-corrected chi connectivity index (χ2v) is 11.3. The largest absolute Gasteiger partial charge is 0.490 e. The van der Waals surface area contributed by atoms with Crippen molar-refractivity contribution in [3.8, 4) is 5.75 Å². The minimum atomic E-state index is -0.349. The first-order valence-electron chi connectivity index (χ1n) is 13.5. The number of nitrogens with zero attached hydrogens (tertiary/aromatic N) is 3. The maximum atomic E-state index is 13.5. The molecule has 4 heterocycles. The topological polar surface area (TPSA) is 104 Å². The third-order valence-electron chi connectivity index (χ3n) is 7.63. The summed E-state index contributed by atoms with van der Waals surface area (Å²) in [5.74, 6) is 0.318. The van der Waals surface area contributed by atoms with Crippen LogP contribution in [0, 0.1) is 0 Å². The number of rotatable bonds is 6. The molecule has 1 saturated carbocycles. The number of pyridine rings is 1. The summed E-state index contributed by atoms with van der Waals surface area (Å²) in [6.07, 6.45) is 10.4. The number of carbonyl (C=O) groups excluding carboxylic acids is 3. The van der Waals surface area contributed by atoms with Crippen LogP contribution >= 0.6 is 11.3 Å². The fraction of sp³-hybridized carbons (Fsp3) is 0.379. The van der Waals surface area contributed by atoms with Gasteiger partial charge < -0.3 is 20.3 Å². The van der Waals surface area contributed by atoms with E-state index >= 15 is 0 Å². The highest BCUT2D eigenvalue weighted by Crippen LogP contribution is 2.46. The molecule has 0 spiro atoms. The molecule has 1 aromatic carbocycles. The van der Waals surface area contributed by atoms with Gasteiger partial charge in [0, 0.05) is 31.4 Å². The predicted molar refractivity (Wildman–Crippen MR) is 152 cm³/mol. The summed E-state index contributed by atoms with van der Waals surface area (Å²) in [7, 11) is 0. The molecule has 3 aliphatic rings. The van der Waals surface area contributed by atoms with Crippen molar-refractivity contribution in [1.29, 1.82) is 0 Å². The SMILES string of the molecule is C=CC(=O)N1CCC[C@@H](NC(=O)c2sc3nccc4c3c2NC(=O)N4c2cccc(OC3CCCCC3)c2)C1. The van der Waals surface area contributed by atoms with E-state index in [4.69, 9.17) is 4.74 Å². The van der Waals surface area contributed by atoms with Crippen molar-refractivity contribution in [2.75, 3.05) is 23.3 Å². The van der Waals surface area contributed by atoms with Crippen molar-refractivity contribution in [3.63, 3.8) is 0 Å². The Labute approximate surface area is 230 Å². The van der Waals surface area contributed by atoms with Crippen molar-refractivity contribution in [3.05, 3.63) is 54.1 Å². The number of hydrogen-bond donors (Lipinski definition) is 2. The fourth-order valence-corrected chi connectivity index (χ4v) is 6.77. The zero-order chi connectivity index (χ0) is 26.9. The number of carbonyl (C=O) groups is 3. The zero-order valence-corrected chi connectivity index (χ0v) is 22.5. The lowest BCUT2D eigenvalue weighted by Crippen LogP contribution is -2.49. The summed E-state index contributed by atoms with van der Waals surface area (Å²) < 4.78 is 6.25. The summed E-state index contributed by atoms with van der Waals surface area (Å²) in [6, 6.07) is 8.87. The molecule has 0 unspecified atom stereocenters. The molecule has 39 heavy (non-hydrogen) atoms. The number of hydrogen-bond acceptors (Lipinski definition) is 6. The van der Waals surface area contributed by atoms with Gasteiger partial charge in [0.2, 0.25) is 5.91 Å². The van der Waals surface area contributed by atoms with Crippen LogP contribution in [0.5, 0.6) is 5.75 Å². The Hall–Kier alpha value is -3.92. The van der Waals surface area contributed by atoms with Gasteiger partial charge in [0.15, 0.2) is 0 Å². The number of benzene rings is 1. The van der Waals surface area contributed by atoms with E-state index < -0.39 is 0 Å². The highest BCUT2D eigenvalue weighted by molar-refractivity contribution is 7.21. The van der Waals surface area contributed by atoms with Crippen LogP contribution in [-0.2, 0) is 4.79 Å². The lowest BCUT2D eigenvalue weighted by atomic mass is 9.98. The van der Waals surface area contributed by atoms with E-state index in [1.807, 2.05) is 24.3 Å². The Balaban J connectivity index is 1.27. The van der Waals surface area contributed by atoms with Gasteiger partial charge in [0.1, 0.15) is 15.5 Å². The Morgan fingerprint density at radius 1 is 1.15 bits per heavy atom. The number of ether oxygens (including phenoxy) is 1. The van der Waals surface area contributed by atoms with Crippen LogP contribution in [0.1, 0.15) is 54.6 Å². The number of thiophene rings is 1. The lowest BCUT2D eigenvalue weighted by molar-refractivity contribution is -0.127. The normalized spacial score (nSPS) is 19.5. The van der Waals surface area contributed by atoms with E-state index in [2.05, 4.69) is 22.2 Å². The predicted octanol–water partition coefficient (Wildman–Crippen LogP) is 5.60. The molecule has 1 atom stereocenters. The Bertz CT molecular complexity index is 1450. The molecule has 2 fully saturated rings. The van der Waals surface area contributed by atoms with E-state index in [9.17, 15) is 14.4 Å². The summed E-state index contributed by atoms with van der Waals surface area (Å²) in [5.41, 5.74) is 1.83. The van der Waals surface area contributed by atoms with Gasteiger partial charge in [-0.3, -0.25) is 14.5 Å². The van der Waals surface area contributed by atoms with Gasteiger partial charge in [0.05, 0.1) is 28.6 Å². The maximum absolute atomic E-state index is 13.5. The molecule has 3 aromatic rings. The average molecular weight is 546 g/mol. The second kappa shape index (κ2) is 10.7. The minimum absolute atomic E-state index is 0.139. The highest BCUT2D eigenvalue weighted by Gasteiger charge is 2.34. The molecule has 2 aliphatic heterocycles. The van der Waals surface area contributed by atoms with Gasteiger partial charge in [-0.1, -0.05) is 19.1 Å². The molecule has 10 heteroatoms. The van der Waals surface area contributed by atoms with Crippen molar-refractivity contribution in [2.24, 2.45) is 0 Å². The molecule has 1 aliphatic carbocycles. The number of urea groups is 1. The standard InChI is InChI=1S/C29H31N5O4S/c1-2-23(35)33-15-7-8-18(17-33)31-27(36)26-25-24-22(13-14-30-28(24)39-26)34(29(37)32-25)19-9-6-12-21(16-19)38-20-10-4-3-5-11-20/h2,6,9,12-14,16,18,20H,1,3-5,7-8,10-11,15,17H2,(H,31,36)(H,32,37)/t18-/m1/s1.